The first-order valence-electron chi connectivity index (χ1n) is 15.2. The second-order valence-corrected chi connectivity index (χ2v) is 11.9. The van der Waals surface area contributed by atoms with Crippen LogP contribution in [-0.4, -0.2) is 107 Å². The highest BCUT2D eigenvalue weighted by Gasteiger charge is 2.40. The highest BCUT2D eigenvalue weighted by molar-refractivity contribution is 6.38. The lowest BCUT2D eigenvalue weighted by Gasteiger charge is -2.33. The molecular weight excluding hydrogens is 562 g/mol. The molecule has 0 saturated carbocycles. The smallest absolute Gasteiger partial charge is 0.407 e. The van der Waals surface area contributed by atoms with Crippen molar-refractivity contribution < 1.29 is 43.4 Å². The Morgan fingerprint density at radius 2 is 1.53 bits per heavy atom. The van der Waals surface area contributed by atoms with Crippen LogP contribution in [0.5, 0.6) is 0 Å². The zero-order valence-corrected chi connectivity index (χ0v) is 25.8. The van der Waals surface area contributed by atoms with Gasteiger partial charge >= 0.3 is 12.1 Å². The summed E-state index contributed by atoms with van der Waals surface area (Å²) in [4.78, 5) is 91.4. The van der Waals surface area contributed by atoms with Crippen LogP contribution in [0.15, 0.2) is 0 Å². The van der Waals surface area contributed by atoms with Crippen LogP contribution in [-0.2, 0) is 33.5 Å². The molecule has 0 bridgehead atoms. The van der Waals surface area contributed by atoms with Gasteiger partial charge in [0.25, 0.3) is 5.91 Å². The number of Topliss-reactive ketones (excluding diaryl/α,β-unsaturated/α-hetero) is 1. The van der Waals surface area contributed by atoms with Crippen molar-refractivity contribution in [3.8, 4) is 0 Å². The molecule has 4 N–H and O–H groups in total. The Labute approximate surface area is 252 Å². The first kappa shape index (κ1) is 35.5. The van der Waals surface area contributed by atoms with Gasteiger partial charge in [-0.05, 0) is 50.4 Å². The van der Waals surface area contributed by atoms with E-state index in [0.29, 0.717) is 38.5 Å². The summed E-state index contributed by atoms with van der Waals surface area (Å²) in [6.07, 6.45) is 2.40. The molecule has 14 nitrogen and oxygen atoms in total. The average molecular weight is 610 g/mol. The molecule has 2 rings (SSSR count). The molecule has 2 aliphatic heterocycles. The summed E-state index contributed by atoms with van der Waals surface area (Å²) < 4.78 is 5.16. The first-order chi connectivity index (χ1) is 20.3. The Bertz CT molecular complexity index is 1050. The number of carboxylic acid groups (broad SMARTS) is 1. The van der Waals surface area contributed by atoms with Crippen LogP contribution in [0.25, 0.3) is 0 Å². The molecule has 0 aliphatic carbocycles. The maximum absolute atomic E-state index is 13.4. The van der Waals surface area contributed by atoms with Crippen LogP contribution in [0.2, 0.25) is 0 Å². The number of hydrogen-bond acceptors (Lipinski definition) is 8. The summed E-state index contributed by atoms with van der Waals surface area (Å²) in [5, 5.41) is 16.9. The molecule has 0 aromatic rings. The van der Waals surface area contributed by atoms with Crippen molar-refractivity contribution in [1.82, 2.24) is 25.8 Å². The summed E-state index contributed by atoms with van der Waals surface area (Å²) >= 11 is 0. The van der Waals surface area contributed by atoms with Crippen LogP contribution in [0.1, 0.15) is 79.6 Å². The number of rotatable bonds is 14. The average Bonchev–Trinajstić information content (AvgIpc) is 3.46. The number of amides is 5. The number of nitrogens with zero attached hydrogens (tertiary/aromatic N) is 2. The molecule has 4 unspecified atom stereocenters. The molecule has 5 amide bonds. The van der Waals surface area contributed by atoms with Crippen LogP contribution in [0, 0.1) is 11.8 Å². The number of ketones is 1. The number of alkyl carbamates (subject to hydrolysis) is 1. The summed E-state index contributed by atoms with van der Waals surface area (Å²) in [5.74, 6) is -4.95. The number of nitrogens with one attached hydrogen (secondary N) is 3. The number of carboxylic acids is 1. The minimum atomic E-state index is -1.18. The number of aliphatic carboxylic acids is 1. The van der Waals surface area contributed by atoms with E-state index in [1.165, 1.54) is 9.80 Å². The zero-order chi connectivity index (χ0) is 32.3. The monoisotopic (exact) mass is 609 g/mol. The number of piperidine rings is 1. The van der Waals surface area contributed by atoms with E-state index in [9.17, 15) is 38.7 Å². The third kappa shape index (κ3) is 10.2. The Hall–Kier alpha value is -3.71. The van der Waals surface area contributed by atoms with Crippen molar-refractivity contribution in [3.05, 3.63) is 0 Å². The lowest BCUT2D eigenvalue weighted by Crippen LogP contribution is -2.57. The number of hydrogen-bond donors (Lipinski definition) is 4. The summed E-state index contributed by atoms with van der Waals surface area (Å²) in [7, 11) is 0. The predicted molar refractivity (Wildman–Crippen MR) is 155 cm³/mol. The number of ether oxygens (including phenoxy) is 1. The lowest BCUT2D eigenvalue weighted by atomic mass is 10.0. The Kier molecular flexibility index (Phi) is 13.9. The molecule has 2 aliphatic rings. The normalized spacial score (nSPS) is 19.9. The number of likely N-dealkylation sites (tertiary alicyclic amines) is 2. The molecule has 2 heterocycles. The Morgan fingerprint density at radius 1 is 0.884 bits per heavy atom. The van der Waals surface area contributed by atoms with Crippen molar-refractivity contribution >= 4 is 41.5 Å². The van der Waals surface area contributed by atoms with E-state index in [-0.39, 0.29) is 38.0 Å². The van der Waals surface area contributed by atoms with Crippen molar-refractivity contribution in [1.29, 1.82) is 0 Å². The van der Waals surface area contributed by atoms with Crippen LogP contribution in [0.3, 0.4) is 0 Å². The quantitative estimate of drug-likeness (QED) is 0.206. The fourth-order valence-corrected chi connectivity index (χ4v) is 5.22. The molecule has 2 fully saturated rings. The van der Waals surface area contributed by atoms with Crippen molar-refractivity contribution in [3.63, 3.8) is 0 Å². The molecule has 4 atom stereocenters. The van der Waals surface area contributed by atoms with Gasteiger partial charge in [0.2, 0.25) is 23.5 Å². The molecule has 43 heavy (non-hydrogen) atoms. The van der Waals surface area contributed by atoms with E-state index in [4.69, 9.17) is 4.74 Å². The van der Waals surface area contributed by atoms with Crippen LogP contribution >= 0.6 is 0 Å². The largest absolute Gasteiger partial charge is 0.480 e. The molecule has 0 spiro atoms. The third-order valence-electron chi connectivity index (χ3n) is 7.53. The maximum Gasteiger partial charge on any atom is 0.407 e. The Balaban J connectivity index is 2.03. The highest BCUT2D eigenvalue weighted by atomic mass is 16.5. The minimum absolute atomic E-state index is 0.117. The van der Waals surface area contributed by atoms with Gasteiger partial charge < -0.3 is 35.6 Å². The van der Waals surface area contributed by atoms with Gasteiger partial charge in [0.05, 0.1) is 19.2 Å². The topological polar surface area (TPSA) is 192 Å². The molecule has 0 radical (unpaired) electrons. The van der Waals surface area contributed by atoms with Gasteiger partial charge in [0.1, 0.15) is 18.1 Å². The summed E-state index contributed by atoms with van der Waals surface area (Å²) in [5.41, 5.74) is 0. The van der Waals surface area contributed by atoms with Gasteiger partial charge in [-0.25, -0.2) is 9.59 Å². The van der Waals surface area contributed by atoms with Gasteiger partial charge in [-0.15, -0.1) is 0 Å². The maximum atomic E-state index is 13.4. The van der Waals surface area contributed by atoms with E-state index in [2.05, 4.69) is 16.0 Å². The molecular formula is C29H47N5O9. The van der Waals surface area contributed by atoms with Gasteiger partial charge in [-0.3, -0.25) is 24.0 Å². The number of carbonyl (C=O) groups excluding carboxylic acids is 6. The van der Waals surface area contributed by atoms with Crippen molar-refractivity contribution in [2.45, 2.75) is 104 Å². The van der Waals surface area contributed by atoms with Crippen molar-refractivity contribution in [2.75, 3.05) is 26.2 Å². The molecule has 0 aromatic carbocycles. The Morgan fingerprint density at radius 3 is 2.14 bits per heavy atom. The molecule has 2 saturated heterocycles. The van der Waals surface area contributed by atoms with E-state index in [1.54, 1.807) is 20.8 Å². The second kappa shape index (κ2) is 16.8. The fourth-order valence-electron chi connectivity index (χ4n) is 5.22. The minimum Gasteiger partial charge on any atom is -0.480 e. The van der Waals surface area contributed by atoms with Gasteiger partial charge in [-0.2, -0.15) is 0 Å². The van der Waals surface area contributed by atoms with E-state index >= 15 is 0 Å². The summed E-state index contributed by atoms with van der Waals surface area (Å²) in [6, 6.07) is -3.98. The van der Waals surface area contributed by atoms with Gasteiger partial charge in [-0.1, -0.05) is 41.0 Å². The standard InChI is InChI=1S/C29H47N5O9/c1-6-10-19(24(36)26(38)30-15-22(35)33-13-8-7-11-21(33)28(40)41)31-25(37)20-12-9-14-34(20)27(39)23(18(4)5)32-29(42)43-16-17(2)3/h17-21,23H,6-16H2,1-5H3,(H,30,38)(H,31,37)(H,32,42)(H,40,41). The lowest BCUT2D eigenvalue weighted by molar-refractivity contribution is -0.152. The zero-order valence-electron chi connectivity index (χ0n) is 25.8. The van der Waals surface area contributed by atoms with Gasteiger partial charge in [0, 0.05) is 13.1 Å². The molecule has 0 aromatic heterocycles. The van der Waals surface area contributed by atoms with Crippen molar-refractivity contribution in [2.24, 2.45) is 11.8 Å². The third-order valence-corrected chi connectivity index (χ3v) is 7.53. The molecule has 242 valence electrons. The highest BCUT2D eigenvalue weighted by Crippen LogP contribution is 2.21. The SMILES string of the molecule is CCCC(NC(=O)C1CCCN1C(=O)C(NC(=O)OCC(C)C)C(C)C)C(=O)C(=O)NCC(=O)N1CCCCC1C(=O)O. The van der Waals surface area contributed by atoms with Crippen LogP contribution < -0.4 is 16.0 Å². The number of carbonyl (C=O) groups is 7. The van der Waals surface area contributed by atoms with Crippen LogP contribution in [0.4, 0.5) is 4.79 Å². The predicted octanol–water partition coefficient (Wildman–Crippen LogP) is 0.820. The summed E-state index contributed by atoms with van der Waals surface area (Å²) in [6.45, 7) is 9.26. The van der Waals surface area contributed by atoms with Gasteiger partial charge in [0.15, 0.2) is 0 Å². The first-order valence-corrected chi connectivity index (χ1v) is 15.2. The van der Waals surface area contributed by atoms with E-state index in [1.807, 2.05) is 13.8 Å². The van der Waals surface area contributed by atoms with E-state index < -0.39 is 72.2 Å². The van der Waals surface area contributed by atoms with E-state index in [0.717, 1.165) is 0 Å². The fraction of sp³-hybridized carbons (Fsp3) is 0.759. The molecule has 14 heteroatoms. The second-order valence-electron chi connectivity index (χ2n) is 11.9.